The molecule has 0 spiro atoms. The molecule has 0 radical (unpaired) electrons. The Morgan fingerprint density at radius 1 is 0.304 bits per heavy atom. The molecule has 102 heavy (non-hydrogen) atoms. The first kappa shape index (κ1) is 84.1. The second-order valence-electron chi connectivity index (χ2n) is 26.7. The van der Waals surface area contributed by atoms with Crippen LogP contribution >= 0.6 is 0 Å². The van der Waals surface area contributed by atoms with Crippen LogP contribution in [0.15, 0.2) is 0 Å². The fourth-order valence-electron chi connectivity index (χ4n) is 13.4. The summed E-state index contributed by atoms with van der Waals surface area (Å²) in [6.45, 7) is 1.94. The Balaban J connectivity index is 1.15. The van der Waals surface area contributed by atoms with E-state index in [0.29, 0.717) is 0 Å². The Hall–Kier alpha value is -3.52. The highest BCUT2D eigenvalue weighted by Gasteiger charge is 2.60. The zero-order valence-corrected chi connectivity index (χ0v) is 56.3. The number of hydrogen-bond acceptors (Lipinski definition) is 39. The lowest BCUT2D eigenvalue weighted by Crippen LogP contribution is -2.71. The Bertz CT molecular complexity index is 2670. The number of carbonyl (C=O) groups is 4. The van der Waals surface area contributed by atoms with Crippen molar-refractivity contribution in [2.24, 2.45) is 5.92 Å². The largest absolute Gasteiger partial charge is 0.394 e. The van der Waals surface area contributed by atoms with Crippen LogP contribution < -0.4 is 21.3 Å². The van der Waals surface area contributed by atoms with Crippen LogP contribution in [0.2, 0.25) is 0 Å². The summed E-state index contributed by atoms with van der Waals surface area (Å²) in [5, 5.41) is 233. The van der Waals surface area contributed by atoms with Gasteiger partial charge in [0.15, 0.2) is 44.0 Å². The third kappa shape index (κ3) is 18.8. The number of aliphatic hydroxyl groups is 20. The van der Waals surface area contributed by atoms with Crippen molar-refractivity contribution in [3.05, 3.63) is 0 Å². The van der Waals surface area contributed by atoms with Crippen LogP contribution in [0.5, 0.6) is 0 Å². The summed E-state index contributed by atoms with van der Waals surface area (Å²) in [4.78, 5) is 50.7. The van der Waals surface area contributed by atoms with Crippen molar-refractivity contribution in [1.82, 2.24) is 21.3 Å². The molecule has 17 unspecified atom stereocenters. The van der Waals surface area contributed by atoms with E-state index in [9.17, 15) is 121 Å². The number of carbonyl (C=O) groups excluding carboxylic acids is 4. The predicted molar refractivity (Wildman–Crippen MR) is 322 cm³/mol. The molecule has 4 amide bonds. The SMILES string of the molecule is CC(=O)NC1[C@H](O[C@@H]2C(CO[C@@H]3O[C@@H](C)[C@@H](O)C(O)C3O)O[C@@H](C(C)C)C(NC(C)=O)[C@H]2O)OC(CO)C(O[C@@H]2OC(CO[C@H]3OC(CO)[C@@H](O)[C@H](O)C3O[C@@H]3OC(CO)[C@@H](O)[C@H](O)C3NC(C)=O)[C@@H](O)[C@H](O[C@H]3O[C@@H](CO)[C@@H](O)C(O)C3O[C@@H]3OC(CO)[C@@H](O)[C@H](O)C3NC(C)=O)C2O)[C@@H]1O. The van der Waals surface area contributed by atoms with Gasteiger partial charge >= 0.3 is 0 Å². The van der Waals surface area contributed by atoms with Crippen LogP contribution in [-0.2, 0) is 90.2 Å². The minimum absolute atomic E-state index is 0.472. The number of hydrogen-bond donors (Lipinski definition) is 24. The van der Waals surface area contributed by atoms with Crippen molar-refractivity contribution in [1.29, 1.82) is 0 Å². The lowest BCUT2D eigenvalue weighted by molar-refractivity contribution is -0.396. The molecular weight excluding hydrogens is 1390 g/mol. The molecule has 0 bridgehead atoms. The molecule has 0 saturated carbocycles. The van der Waals surface area contributed by atoms with E-state index >= 15 is 0 Å². The zero-order chi connectivity index (χ0) is 75.4. The van der Waals surface area contributed by atoms with Gasteiger partial charge in [0.05, 0.1) is 64.5 Å². The highest BCUT2D eigenvalue weighted by Crippen LogP contribution is 2.39. The van der Waals surface area contributed by atoms with Crippen molar-refractivity contribution in [3.8, 4) is 0 Å². The van der Waals surface area contributed by atoms with Crippen LogP contribution in [0.1, 0.15) is 48.5 Å². The number of aliphatic hydroxyl groups excluding tert-OH is 20. The van der Waals surface area contributed by atoms with E-state index < -0.39 is 321 Å². The quantitative estimate of drug-likeness (QED) is 0.0382. The molecule has 40 atom stereocenters. The van der Waals surface area contributed by atoms with Crippen LogP contribution in [-0.4, -0.2) is 417 Å². The molecular formula is C59H100N4O39. The van der Waals surface area contributed by atoms with Gasteiger partial charge in [0, 0.05) is 27.7 Å². The molecule has 0 aromatic rings. The zero-order valence-electron chi connectivity index (χ0n) is 56.3. The summed E-state index contributed by atoms with van der Waals surface area (Å²) in [6.07, 6.45) is -69.2. The monoisotopic (exact) mass is 1490 g/mol. The standard InChI is InChI=1S/C59H100N4O39/c1-15(2)47-28(60-17(4)69)40(81)49(27(91-47)14-88-56-45(86)42(83)32(73)16(3)90-56)98-55-31(63-20(7)72)41(82)48(25(12-68)96-55)99-57-46(87)50(100-59-52(44(85)36(77)24(11-67)95-59)102-54-30(62-19(6)71)39(80)34(75)22(9-65)93-54)37(78)26(97-57)13-89-58-51(43(84)35(76)23(10-66)94-58)101-53-29(61-18(5)70)38(79)33(74)21(8-64)92-53/h15-16,21-59,64-68,73-87H,8-14H2,1-7H3,(H,60,69)(H,61,70)(H,62,71)(H,63,72)/t16-,21?,22?,23?,24-,25?,26?,27?,28?,29?,30?,31?,32+,33+,34+,35+,36+,37+,38+,39+,40+,41+,42?,43-,44?,45?,46?,47-,48?,49+,50-,51?,52?,53-,54-,55-,56+,57-,58-,59+/m0/s1. The van der Waals surface area contributed by atoms with E-state index in [1.807, 2.05) is 0 Å². The molecule has 43 heteroatoms. The van der Waals surface area contributed by atoms with E-state index in [-0.39, 0.29) is 0 Å². The van der Waals surface area contributed by atoms with Crippen LogP contribution in [0, 0.1) is 5.92 Å². The van der Waals surface area contributed by atoms with E-state index in [2.05, 4.69) is 21.3 Å². The van der Waals surface area contributed by atoms with E-state index in [4.69, 9.17) is 71.1 Å². The van der Waals surface area contributed by atoms with Gasteiger partial charge in [0.2, 0.25) is 23.6 Å². The van der Waals surface area contributed by atoms with Gasteiger partial charge in [-0.3, -0.25) is 19.2 Å². The number of ether oxygens (including phenoxy) is 15. The van der Waals surface area contributed by atoms with Gasteiger partial charge < -0.3 is 194 Å². The minimum Gasteiger partial charge on any atom is -0.394 e. The third-order valence-electron chi connectivity index (χ3n) is 18.9. The lowest BCUT2D eigenvalue weighted by Gasteiger charge is -2.51. The van der Waals surface area contributed by atoms with Gasteiger partial charge in [0.1, 0.15) is 183 Å². The van der Waals surface area contributed by atoms with Crippen molar-refractivity contribution in [3.63, 3.8) is 0 Å². The van der Waals surface area contributed by atoms with Gasteiger partial charge in [0.25, 0.3) is 0 Å². The first-order valence-corrected chi connectivity index (χ1v) is 33.2. The van der Waals surface area contributed by atoms with Crippen LogP contribution in [0.25, 0.3) is 0 Å². The van der Waals surface area contributed by atoms with Gasteiger partial charge in [-0.2, -0.15) is 0 Å². The fourth-order valence-corrected chi connectivity index (χ4v) is 13.4. The van der Waals surface area contributed by atoms with Crippen molar-refractivity contribution < 1.29 is 192 Å². The van der Waals surface area contributed by atoms with E-state index in [1.165, 1.54) is 6.92 Å². The first-order chi connectivity index (χ1) is 48.1. The second-order valence-corrected chi connectivity index (χ2v) is 26.7. The molecule has 0 aliphatic carbocycles. The highest BCUT2D eigenvalue weighted by molar-refractivity contribution is 5.74. The molecule has 0 aromatic heterocycles. The number of nitrogens with one attached hydrogen (secondary N) is 4. The maximum absolute atomic E-state index is 13.2. The molecule has 24 N–H and O–H groups in total. The summed E-state index contributed by atoms with van der Waals surface area (Å²) in [5.41, 5.74) is 0. The smallest absolute Gasteiger partial charge is 0.217 e. The van der Waals surface area contributed by atoms with Crippen LogP contribution in [0.3, 0.4) is 0 Å². The second kappa shape index (κ2) is 36.6. The maximum atomic E-state index is 13.2. The van der Waals surface area contributed by atoms with Crippen molar-refractivity contribution in [2.75, 3.05) is 46.2 Å². The average Bonchev–Trinajstić information content (AvgIpc) is 0.774. The Morgan fingerprint density at radius 2 is 0.647 bits per heavy atom. The first-order valence-electron chi connectivity index (χ1n) is 33.2. The number of amides is 4. The third-order valence-corrected chi connectivity index (χ3v) is 18.9. The van der Waals surface area contributed by atoms with Gasteiger partial charge in [-0.05, 0) is 12.8 Å². The summed E-state index contributed by atoms with van der Waals surface area (Å²) < 4.78 is 90.4. The summed E-state index contributed by atoms with van der Waals surface area (Å²) >= 11 is 0. The molecule has 8 rings (SSSR count). The Labute approximate surface area is 581 Å². The van der Waals surface area contributed by atoms with Gasteiger partial charge in [-0.1, -0.05) is 13.8 Å². The topological polar surface area (TPSA) is 659 Å². The summed E-state index contributed by atoms with van der Waals surface area (Å²) in [6, 6.07) is -6.60. The van der Waals surface area contributed by atoms with Crippen LogP contribution in [0.4, 0.5) is 0 Å². The van der Waals surface area contributed by atoms with E-state index in [0.717, 1.165) is 27.7 Å². The lowest BCUT2D eigenvalue weighted by atomic mass is 9.87. The predicted octanol–water partition coefficient (Wildman–Crippen LogP) is -15.1. The fraction of sp³-hybridized carbons (Fsp3) is 0.932. The molecule has 8 heterocycles. The minimum atomic E-state index is -2.48. The maximum Gasteiger partial charge on any atom is 0.217 e. The van der Waals surface area contributed by atoms with Crippen molar-refractivity contribution in [2.45, 2.75) is 294 Å². The average molecular weight is 1490 g/mol. The molecule has 0 aromatic carbocycles. The molecule has 8 fully saturated rings. The molecule has 590 valence electrons. The summed E-state index contributed by atoms with van der Waals surface area (Å²) in [5.74, 6) is -3.67. The highest BCUT2D eigenvalue weighted by atomic mass is 16.8. The Kier molecular flexibility index (Phi) is 30.2. The van der Waals surface area contributed by atoms with Crippen molar-refractivity contribution >= 4 is 23.6 Å². The molecule has 8 saturated heterocycles. The molecule has 8 aliphatic heterocycles. The van der Waals surface area contributed by atoms with E-state index in [1.54, 1.807) is 13.8 Å². The molecule has 43 nitrogen and oxygen atoms in total. The Morgan fingerprint density at radius 3 is 1.11 bits per heavy atom. The summed E-state index contributed by atoms with van der Waals surface area (Å²) in [7, 11) is 0. The molecule has 8 aliphatic rings. The van der Waals surface area contributed by atoms with Gasteiger partial charge in [-0.25, -0.2) is 0 Å². The normalized spacial score (nSPS) is 48.0. The number of rotatable bonds is 26. The van der Waals surface area contributed by atoms with Gasteiger partial charge in [-0.15, -0.1) is 0 Å².